The molecular weight excluding hydrogens is 523 g/mol. The van der Waals surface area contributed by atoms with Gasteiger partial charge in [-0.05, 0) is 48.4 Å². The molecule has 0 saturated carbocycles. The van der Waals surface area contributed by atoms with Gasteiger partial charge in [-0.2, -0.15) is 0 Å². The predicted octanol–water partition coefficient (Wildman–Crippen LogP) is 3.93. The SMILES string of the molecule is COc1ccc(CN=C(NCc2nnc(C)n2C)NCC(C)Cc2cccs2)cc1.I. The van der Waals surface area contributed by atoms with Gasteiger partial charge in [0.05, 0.1) is 20.2 Å². The van der Waals surface area contributed by atoms with Gasteiger partial charge >= 0.3 is 0 Å². The molecule has 168 valence electrons. The number of methoxy groups -OCH3 is 1. The summed E-state index contributed by atoms with van der Waals surface area (Å²) < 4.78 is 7.21. The lowest BCUT2D eigenvalue weighted by Gasteiger charge is -2.16. The fraction of sp³-hybridized carbons (Fsp3) is 0.409. The lowest BCUT2D eigenvalue weighted by molar-refractivity contribution is 0.414. The van der Waals surface area contributed by atoms with Gasteiger partial charge < -0.3 is 19.9 Å². The van der Waals surface area contributed by atoms with Crippen molar-refractivity contribution in [1.29, 1.82) is 0 Å². The zero-order valence-electron chi connectivity index (χ0n) is 18.5. The average Bonchev–Trinajstić information content (AvgIpc) is 3.38. The molecule has 0 aliphatic rings. The summed E-state index contributed by atoms with van der Waals surface area (Å²) >= 11 is 1.81. The third kappa shape index (κ3) is 7.80. The van der Waals surface area contributed by atoms with E-state index in [0.717, 1.165) is 41.9 Å². The first kappa shape index (κ1) is 25.1. The third-order valence-corrected chi connectivity index (χ3v) is 5.82. The first-order chi connectivity index (χ1) is 14.5. The van der Waals surface area contributed by atoms with Gasteiger partial charge in [-0.1, -0.05) is 25.1 Å². The predicted molar refractivity (Wildman–Crippen MR) is 137 cm³/mol. The fourth-order valence-electron chi connectivity index (χ4n) is 2.96. The molecule has 1 aromatic carbocycles. The van der Waals surface area contributed by atoms with Crippen LogP contribution in [0.1, 0.15) is 29.0 Å². The lowest BCUT2D eigenvalue weighted by Crippen LogP contribution is -2.40. The summed E-state index contributed by atoms with van der Waals surface area (Å²) in [7, 11) is 3.64. The van der Waals surface area contributed by atoms with Gasteiger partial charge in [-0.15, -0.1) is 45.5 Å². The molecule has 9 heteroatoms. The number of rotatable bonds is 9. The van der Waals surface area contributed by atoms with E-state index < -0.39 is 0 Å². The molecule has 0 fully saturated rings. The Kier molecular flexibility index (Phi) is 10.3. The van der Waals surface area contributed by atoms with E-state index in [1.165, 1.54) is 4.88 Å². The quantitative estimate of drug-likeness (QED) is 0.238. The highest BCUT2D eigenvalue weighted by molar-refractivity contribution is 14.0. The van der Waals surface area contributed by atoms with E-state index in [0.29, 0.717) is 19.0 Å². The van der Waals surface area contributed by atoms with E-state index in [9.17, 15) is 0 Å². The van der Waals surface area contributed by atoms with Crippen molar-refractivity contribution in [2.24, 2.45) is 18.0 Å². The number of guanidine groups is 1. The Labute approximate surface area is 205 Å². The number of nitrogens with zero attached hydrogens (tertiary/aromatic N) is 4. The zero-order valence-corrected chi connectivity index (χ0v) is 21.6. The highest BCUT2D eigenvalue weighted by Crippen LogP contribution is 2.14. The molecule has 3 rings (SSSR count). The molecule has 0 bridgehead atoms. The Balaban J connectivity index is 0.00000341. The fourth-order valence-corrected chi connectivity index (χ4v) is 3.83. The first-order valence-electron chi connectivity index (χ1n) is 10.1. The van der Waals surface area contributed by atoms with Gasteiger partial charge in [0.1, 0.15) is 11.6 Å². The normalized spacial score (nSPS) is 12.2. The minimum atomic E-state index is 0. The van der Waals surface area contributed by atoms with Crippen molar-refractivity contribution in [3.05, 3.63) is 63.9 Å². The maximum atomic E-state index is 5.23. The maximum absolute atomic E-state index is 5.23. The number of aromatic nitrogens is 3. The number of thiophene rings is 1. The van der Waals surface area contributed by atoms with Crippen molar-refractivity contribution in [3.63, 3.8) is 0 Å². The minimum Gasteiger partial charge on any atom is -0.497 e. The topological polar surface area (TPSA) is 76.4 Å². The molecule has 0 spiro atoms. The van der Waals surface area contributed by atoms with Crippen LogP contribution in [0.2, 0.25) is 0 Å². The van der Waals surface area contributed by atoms with Crippen LogP contribution in [0.4, 0.5) is 0 Å². The zero-order chi connectivity index (χ0) is 21.3. The summed E-state index contributed by atoms with van der Waals surface area (Å²) in [4.78, 5) is 6.17. The summed E-state index contributed by atoms with van der Waals surface area (Å²) in [5.41, 5.74) is 1.12. The number of nitrogens with one attached hydrogen (secondary N) is 2. The summed E-state index contributed by atoms with van der Waals surface area (Å²) in [6.07, 6.45) is 1.05. The second-order valence-electron chi connectivity index (χ2n) is 7.36. The molecule has 7 nitrogen and oxygen atoms in total. The van der Waals surface area contributed by atoms with Crippen LogP contribution in [-0.2, 0) is 26.6 Å². The number of halogens is 1. The largest absolute Gasteiger partial charge is 0.497 e. The summed E-state index contributed by atoms with van der Waals surface area (Å²) in [6, 6.07) is 12.3. The van der Waals surface area contributed by atoms with Crippen LogP contribution in [0.3, 0.4) is 0 Å². The Bertz CT molecular complexity index is 940. The Morgan fingerprint density at radius 2 is 1.97 bits per heavy atom. The van der Waals surface area contributed by atoms with E-state index in [-0.39, 0.29) is 24.0 Å². The van der Waals surface area contributed by atoms with Crippen LogP contribution in [0, 0.1) is 12.8 Å². The van der Waals surface area contributed by atoms with Crippen LogP contribution < -0.4 is 15.4 Å². The van der Waals surface area contributed by atoms with Gasteiger partial charge in [0.15, 0.2) is 11.8 Å². The van der Waals surface area contributed by atoms with Crippen molar-refractivity contribution in [2.45, 2.75) is 33.4 Å². The molecule has 2 heterocycles. The van der Waals surface area contributed by atoms with Gasteiger partial charge in [0.2, 0.25) is 0 Å². The molecule has 0 aliphatic carbocycles. The molecule has 31 heavy (non-hydrogen) atoms. The molecule has 0 radical (unpaired) electrons. The number of hydrogen-bond donors (Lipinski definition) is 2. The number of aliphatic imine (C=N–C) groups is 1. The highest BCUT2D eigenvalue weighted by Gasteiger charge is 2.09. The molecule has 2 aromatic heterocycles. The second-order valence-corrected chi connectivity index (χ2v) is 8.39. The van der Waals surface area contributed by atoms with Gasteiger partial charge in [0, 0.05) is 18.5 Å². The van der Waals surface area contributed by atoms with Crippen LogP contribution in [-0.4, -0.2) is 34.4 Å². The number of aryl methyl sites for hydroxylation is 1. The third-order valence-electron chi connectivity index (χ3n) is 4.92. The van der Waals surface area contributed by atoms with Crippen LogP contribution in [0.5, 0.6) is 5.75 Å². The molecule has 0 aliphatic heterocycles. The van der Waals surface area contributed by atoms with Crippen molar-refractivity contribution >= 4 is 41.3 Å². The summed E-state index contributed by atoms with van der Waals surface area (Å²) in [6.45, 7) is 6.17. The van der Waals surface area contributed by atoms with Gasteiger partial charge in [-0.3, -0.25) is 0 Å². The number of hydrogen-bond acceptors (Lipinski definition) is 5. The van der Waals surface area contributed by atoms with Gasteiger partial charge in [0.25, 0.3) is 0 Å². The molecule has 0 saturated heterocycles. The van der Waals surface area contributed by atoms with Gasteiger partial charge in [-0.25, -0.2) is 4.99 Å². The molecule has 0 amide bonds. The monoisotopic (exact) mass is 554 g/mol. The van der Waals surface area contributed by atoms with E-state index >= 15 is 0 Å². The first-order valence-corrected chi connectivity index (χ1v) is 11.0. The van der Waals surface area contributed by atoms with Crippen LogP contribution >= 0.6 is 35.3 Å². The standard InChI is InChI=1S/C22H30N6OS.HI/c1-16(12-20-6-5-11-30-20)13-23-22(25-15-21-27-26-17(2)28(21)3)24-14-18-7-9-19(29-4)10-8-18;/h5-11,16H,12-15H2,1-4H3,(H2,23,24,25);1H. The maximum Gasteiger partial charge on any atom is 0.191 e. The van der Waals surface area contributed by atoms with E-state index in [1.54, 1.807) is 18.4 Å². The molecule has 1 unspecified atom stereocenters. The van der Waals surface area contributed by atoms with E-state index in [2.05, 4.69) is 45.3 Å². The smallest absolute Gasteiger partial charge is 0.191 e. The van der Waals surface area contributed by atoms with Crippen molar-refractivity contribution in [1.82, 2.24) is 25.4 Å². The number of benzene rings is 1. The Morgan fingerprint density at radius 3 is 2.58 bits per heavy atom. The minimum absolute atomic E-state index is 0. The Hall–Kier alpha value is -2.14. The lowest BCUT2D eigenvalue weighted by atomic mass is 10.1. The average molecular weight is 555 g/mol. The summed E-state index contributed by atoms with van der Waals surface area (Å²) in [5.74, 6) is 3.87. The van der Waals surface area contributed by atoms with Crippen LogP contribution in [0.25, 0.3) is 0 Å². The number of ether oxygens (including phenoxy) is 1. The Morgan fingerprint density at radius 1 is 1.19 bits per heavy atom. The van der Waals surface area contributed by atoms with Crippen molar-refractivity contribution in [3.8, 4) is 5.75 Å². The van der Waals surface area contributed by atoms with Crippen molar-refractivity contribution < 1.29 is 4.74 Å². The molecule has 2 N–H and O–H groups in total. The molecule has 1 atom stereocenters. The van der Waals surface area contributed by atoms with E-state index in [1.807, 2.05) is 42.8 Å². The second kappa shape index (κ2) is 12.7. The molecule has 3 aromatic rings. The molecular formula is C22H31IN6OS. The van der Waals surface area contributed by atoms with Crippen molar-refractivity contribution in [2.75, 3.05) is 13.7 Å². The van der Waals surface area contributed by atoms with E-state index in [4.69, 9.17) is 9.73 Å². The summed E-state index contributed by atoms with van der Waals surface area (Å²) in [5, 5.41) is 17.3. The van der Waals surface area contributed by atoms with Crippen LogP contribution in [0.15, 0.2) is 46.8 Å². The highest BCUT2D eigenvalue weighted by atomic mass is 127.